The van der Waals surface area contributed by atoms with E-state index in [0.29, 0.717) is 17.7 Å². The van der Waals surface area contributed by atoms with Crippen LogP contribution in [-0.4, -0.2) is 23.5 Å². The highest BCUT2D eigenvalue weighted by atomic mass is 16.6. The standard InChI is InChI=1S/C24H29NO6/c1-3-4-5-6-7-10-16-30-23(26)20-14-8-9-15-21(20)24(27)31-17-19-13-11-12-18(2)22(19)25(28)29/h8-9,11-15H,3-7,10,16-17H2,1-2H3. The van der Waals surface area contributed by atoms with Gasteiger partial charge in [0.15, 0.2) is 0 Å². The molecule has 0 atom stereocenters. The monoisotopic (exact) mass is 427 g/mol. The minimum atomic E-state index is -0.733. The summed E-state index contributed by atoms with van der Waals surface area (Å²) in [4.78, 5) is 35.8. The van der Waals surface area contributed by atoms with Gasteiger partial charge in [-0.15, -0.1) is 0 Å². The third-order valence-corrected chi connectivity index (χ3v) is 4.96. The Morgan fingerprint density at radius 1 is 0.871 bits per heavy atom. The summed E-state index contributed by atoms with van der Waals surface area (Å²) in [6.07, 6.45) is 6.45. The highest BCUT2D eigenvalue weighted by molar-refractivity contribution is 6.03. The molecular weight excluding hydrogens is 398 g/mol. The largest absolute Gasteiger partial charge is 0.462 e. The van der Waals surface area contributed by atoms with Crippen molar-refractivity contribution >= 4 is 17.6 Å². The fraction of sp³-hybridized carbons (Fsp3) is 0.417. The van der Waals surface area contributed by atoms with E-state index >= 15 is 0 Å². The van der Waals surface area contributed by atoms with Gasteiger partial charge in [-0.2, -0.15) is 0 Å². The van der Waals surface area contributed by atoms with Crippen LogP contribution < -0.4 is 0 Å². The van der Waals surface area contributed by atoms with Crippen LogP contribution in [0.2, 0.25) is 0 Å². The van der Waals surface area contributed by atoms with Gasteiger partial charge < -0.3 is 9.47 Å². The van der Waals surface area contributed by atoms with Crippen molar-refractivity contribution in [3.63, 3.8) is 0 Å². The number of benzene rings is 2. The number of ether oxygens (including phenoxy) is 2. The predicted molar refractivity (Wildman–Crippen MR) is 117 cm³/mol. The lowest BCUT2D eigenvalue weighted by atomic mass is 10.1. The van der Waals surface area contributed by atoms with Crippen molar-refractivity contribution in [1.82, 2.24) is 0 Å². The van der Waals surface area contributed by atoms with Crippen LogP contribution in [-0.2, 0) is 16.1 Å². The Labute approximate surface area is 182 Å². The van der Waals surface area contributed by atoms with E-state index in [1.807, 2.05) is 0 Å². The molecule has 2 rings (SSSR count). The molecule has 0 amide bonds. The summed E-state index contributed by atoms with van der Waals surface area (Å²) < 4.78 is 10.6. The van der Waals surface area contributed by atoms with Crippen LogP contribution in [0.3, 0.4) is 0 Å². The average Bonchev–Trinajstić information content (AvgIpc) is 2.76. The van der Waals surface area contributed by atoms with Gasteiger partial charge in [-0.25, -0.2) is 9.59 Å². The van der Waals surface area contributed by atoms with Gasteiger partial charge in [0, 0.05) is 5.56 Å². The summed E-state index contributed by atoms with van der Waals surface area (Å²) in [5.41, 5.74) is 0.892. The third-order valence-electron chi connectivity index (χ3n) is 4.96. The number of nitrogens with zero attached hydrogens (tertiary/aromatic N) is 1. The second-order valence-electron chi connectivity index (χ2n) is 7.37. The van der Waals surface area contributed by atoms with Crippen LogP contribution in [0.1, 0.15) is 77.3 Å². The normalized spacial score (nSPS) is 10.5. The summed E-state index contributed by atoms with van der Waals surface area (Å²) in [6, 6.07) is 11.1. The van der Waals surface area contributed by atoms with E-state index in [9.17, 15) is 19.7 Å². The van der Waals surface area contributed by atoms with Gasteiger partial charge in [0.2, 0.25) is 0 Å². The van der Waals surface area contributed by atoms with E-state index in [4.69, 9.17) is 9.47 Å². The number of aryl methyl sites for hydroxylation is 1. The van der Waals surface area contributed by atoms with Crippen molar-refractivity contribution in [3.8, 4) is 0 Å². The fourth-order valence-electron chi connectivity index (χ4n) is 3.28. The second-order valence-corrected chi connectivity index (χ2v) is 7.37. The fourth-order valence-corrected chi connectivity index (χ4v) is 3.28. The SMILES string of the molecule is CCCCCCCCOC(=O)c1ccccc1C(=O)OCc1cccc(C)c1[N+](=O)[O-]. The minimum Gasteiger partial charge on any atom is -0.462 e. The lowest BCUT2D eigenvalue weighted by Gasteiger charge is -2.10. The molecule has 2 aromatic carbocycles. The second kappa shape index (κ2) is 12.5. The zero-order chi connectivity index (χ0) is 22.6. The Morgan fingerprint density at radius 3 is 2.13 bits per heavy atom. The molecule has 0 heterocycles. The van der Waals surface area contributed by atoms with Crippen molar-refractivity contribution in [3.05, 3.63) is 74.8 Å². The molecule has 0 radical (unpaired) electrons. The maximum atomic E-state index is 12.6. The quantitative estimate of drug-likeness (QED) is 0.184. The molecule has 0 fully saturated rings. The first-order chi connectivity index (χ1) is 15.0. The number of rotatable bonds is 12. The molecule has 0 N–H and O–H groups in total. The molecule has 0 saturated carbocycles. The zero-order valence-electron chi connectivity index (χ0n) is 18.1. The van der Waals surface area contributed by atoms with Gasteiger partial charge in [0.05, 0.1) is 28.2 Å². The predicted octanol–water partition coefficient (Wildman–Crippen LogP) is 5.78. The van der Waals surface area contributed by atoms with Gasteiger partial charge in [-0.1, -0.05) is 63.3 Å². The number of nitro groups is 1. The van der Waals surface area contributed by atoms with Crippen molar-refractivity contribution in [1.29, 1.82) is 0 Å². The molecule has 2 aromatic rings. The third kappa shape index (κ3) is 7.20. The highest BCUT2D eigenvalue weighted by Crippen LogP contribution is 2.24. The van der Waals surface area contributed by atoms with Crippen LogP contribution in [0.15, 0.2) is 42.5 Å². The van der Waals surface area contributed by atoms with E-state index < -0.39 is 16.9 Å². The van der Waals surface area contributed by atoms with Gasteiger partial charge in [0.25, 0.3) is 5.69 Å². The molecular formula is C24H29NO6. The number of carbonyl (C=O) groups is 2. The Morgan fingerprint density at radius 2 is 1.48 bits per heavy atom. The summed E-state index contributed by atoms with van der Waals surface area (Å²) in [5, 5.41) is 11.3. The first-order valence-electron chi connectivity index (χ1n) is 10.6. The first kappa shape index (κ1) is 24.1. The Hall–Kier alpha value is -3.22. The molecule has 0 aliphatic rings. The molecule has 166 valence electrons. The molecule has 0 aliphatic carbocycles. The van der Waals surface area contributed by atoms with Crippen molar-refractivity contribution in [2.75, 3.05) is 6.61 Å². The first-order valence-corrected chi connectivity index (χ1v) is 10.6. The van der Waals surface area contributed by atoms with E-state index in [1.54, 1.807) is 37.3 Å². The Bertz CT molecular complexity index is 909. The molecule has 7 nitrogen and oxygen atoms in total. The maximum absolute atomic E-state index is 12.6. The smallest absolute Gasteiger partial charge is 0.339 e. The summed E-state index contributed by atoms with van der Waals surface area (Å²) in [7, 11) is 0. The Kier molecular flexibility index (Phi) is 9.68. The van der Waals surface area contributed by atoms with Gasteiger partial charge >= 0.3 is 11.9 Å². The van der Waals surface area contributed by atoms with Crippen LogP contribution in [0.4, 0.5) is 5.69 Å². The van der Waals surface area contributed by atoms with Crippen LogP contribution in [0.5, 0.6) is 0 Å². The highest BCUT2D eigenvalue weighted by Gasteiger charge is 2.21. The van der Waals surface area contributed by atoms with E-state index in [0.717, 1.165) is 19.3 Å². The lowest BCUT2D eigenvalue weighted by molar-refractivity contribution is -0.386. The summed E-state index contributed by atoms with van der Waals surface area (Å²) in [5.74, 6) is -1.31. The van der Waals surface area contributed by atoms with Gasteiger partial charge in [0.1, 0.15) is 6.61 Å². The molecule has 0 saturated heterocycles. The van der Waals surface area contributed by atoms with Crippen molar-refractivity contribution in [2.45, 2.75) is 59.0 Å². The lowest BCUT2D eigenvalue weighted by Crippen LogP contribution is -2.15. The Balaban J connectivity index is 1.97. The molecule has 0 aliphatic heterocycles. The minimum absolute atomic E-state index is 0.0748. The number of carbonyl (C=O) groups excluding carboxylic acids is 2. The summed E-state index contributed by atoms with van der Waals surface area (Å²) >= 11 is 0. The van der Waals surface area contributed by atoms with Crippen molar-refractivity contribution in [2.24, 2.45) is 0 Å². The number of hydrogen-bond donors (Lipinski definition) is 0. The number of esters is 2. The molecule has 7 heteroatoms. The van der Waals surface area contributed by atoms with E-state index in [2.05, 4.69) is 6.92 Å². The van der Waals surface area contributed by atoms with Gasteiger partial charge in [-0.05, 0) is 31.5 Å². The molecule has 0 spiro atoms. The number of unbranched alkanes of at least 4 members (excludes halogenated alkanes) is 5. The van der Waals surface area contributed by atoms with E-state index in [-0.39, 0.29) is 23.4 Å². The number of nitro benzene ring substituents is 1. The van der Waals surface area contributed by atoms with Crippen LogP contribution >= 0.6 is 0 Å². The molecule has 0 bridgehead atoms. The molecule has 0 aromatic heterocycles. The summed E-state index contributed by atoms with van der Waals surface area (Å²) in [6.45, 7) is 3.81. The van der Waals surface area contributed by atoms with E-state index in [1.165, 1.54) is 31.4 Å². The van der Waals surface area contributed by atoms with Crippen LogP contribution in [0, 0.1) is 17.0 Å². The van der Waals surface area contributed by atoms with Crippen molar-refractivity contribution < 1.29 is 24.0 Å². The topological polar surface area (TPSA) is 95.7 Å². The number of hydrogen-bond acceptors (Lipinski definition) is 6. The number of para-hydroxylation sites is 1. The molecule has 31 heavy (non-hydrogen) atoms. The zero-order valence-corrected chi connectivity index (χ0v) is 18.1. The van der Waals surface area contributed by atoms with Crippen LogP contribution in [0.25, 0.3) is 0 Å². The maximum Gasteiger partial charge on any atom is 0.339 e. The molecule has 0 unspecified atom stereocenters. The van der Waals surface area contributed by atoms with Gasteiger partial charge in [-0.3, -0.25) is 10.1 Å². The average molecular weight is 427 g/mol.